The lowest BCUT2D eigenvalue weighted by atomic mass is 10.1. The van der Waals surface area contributed by atoms with Crippen molar-refractivity contribution in [3.05, 3.63) is 65.9 Å². The smallest absolute Gasteiger partial charge is 0.244 e. The molecule has 0 saturated heterocycles. The van der Waals surface area contributed by atoms with Gasteiger partial charge >= 0.3 is 0 Å². The summed E-state index contributed by atoms with van der Waals surface area (Å²) >= 11 is 0. The largest absolute Gasteiger partial charge is 0.497 e. The van der Waals surface area contributed by atoms with Crippen molar-refractivity contribution in [2.24, 2.45) is 0 Å². The number of methoxy groups -OCH3 is 3. The summed E-state index contributed by atoms with van der Waals surface area (Å²) in [6, 6.07) is 14.7. The second-order valence-corrected chi connectivity index (χ2v) is 6.08. The third kappa shape index (κ3) is 5.16. The molecule has 29 heavy (non-hydrogen) atoms. The molecule has 0 fully saturated rings. The fourth-order valence-corrected chi connectivity index (χ4v) is 2.65. The minimum absolute atomic E-state index is 0.242. The van der Waals surface area contributed by atoms with Gasteiger partial charge < -0.3 is 24.1 Å². The summed E-state index contributed by atoms with van der Waals surface area (Å²) in [7, 11) is 4.75. The van der Waals surface area contributed by atoms with Crippen LogP contribution >= 0.6 is 0 Å². The molecule has 2 aromatic carbocycles. The van der Waals surface area contributed by atoms with Gasteiger partial charge in [0.25, 0.3) is 0 Å². The van der Waals surface area contributed by atoms with E-state index in [2.05, 4.69) is 10.5 Å². The number of rotatable bonds is 8. The van der Waals surface area contributed by atoms with E-state index < -0.39 is 0 Å². The lowest BCUT2D eigenvalue weighted by molar-refractivity contribution is -0.116. The lowest BCUT2D eigenvalue weighted by Crippen LogP contribution is -2.20. The molecule has 0 spiro atoms. The van der Waals surface area contributed by atoms with Crippen molar-refractivity contribution in [3.63, 3.8) is 0 Å². The zero-order chi connectivity index (χ0) is 20.6. The Hall–Kier alpha value is -3.74. The van der Waals surface area contributed by atoms with Gasteiger partial charge in [0, 0.05) is 17.7 Å². The molecule has 7 heteroatoms. The molecule has 7 nitrogen and oxygen atoms in total. The summed E-state index contributed by atoms with van der Waals surface area (Å²) in [5.41, 5.74) is 2.33. The molecule has 0 aliphatic rings. The average molecular weight is 394 g/mol. The number of benzene rings is 2. The zero-order valence-corrected chi connectivity index (χ0v) is 16.5. The Labute approximate surface area is 168 Å². The second-order valence-electron chi connectivity index (χ2n) is 6.08. The maximum absolute atomic E-state index is 12.1. The first-order valence-electron chi connectivity index (χ1n) is 8.91. The third-order valence-corrected chi connectivity index (χ3v) is 4.21. The molecule has 0 unspecified atom stereocenters. The highest BCUT2D eigenvalue weighted by Gasteiger charge is 2.08. The van der Waals surface area contributed by atoms with E-state index in [1.54, 1.807) is 45.6 Å². The van der Waals surface area contributed by atoms with Crippen LogP contribution in [-0.4, -0.2) is 32.4 Å². The number of hydrogen-bond donors (Lipinski definition) is 1. The van der Waals surface area contributed by atoms with Crippen molar-refractivity contribution in [1.82, 2.24) is 10.5 Å². The maximum atomic E-state index is 12.1. The predicted octanol–water partition coefficient (Wildman–Crippen LogP) is 3.70. The van der Waals surface area contributed by atoms with Crippen molar-refractivity contribution in [3.8, 4) is 28.6 Å². The van der Waals surface area contributed by atoms with Crippen LogP contribution in [0.2, 0.25) is 0 Å². The molecular weight excluding hydrogens is 372 g/mol. The fourth-order valence-electron chi connectivity index (χ4n) is 2.65. The van der Waals surface area contributed by atoms with Crippen LogP contribution in [0.5, 0.6) is 17.2 Å². The summed E-state index contributed by atoms with van der Waals surface area (Å²) in [6.07, 6.45) is 3.15. The van der Waals surface area contributed by atoms with E-state index in [1.165, 1.54) is 6.08 Å². The van der Waals surface area contributed by atoms with E-state index in [1.807, 2.05) is 30.3 Å². The van der Waals surface area contributed by atoms with Crippen molar-refractivity contribution in [2.75, 3.05) is 21.3 Å². The topological polar surface area (TPSA) is 82.8 Å². The quantitative estimate of drug-likeness (QED) is 0.587. The van der Waals surface area contributed by atoms with Gasteiger partial charge in [-0.1, -0.05) is 11.2 Å². The molecule has 3 aromatic rings. The highest BCUT2D eigenvalue weighted by atomic mass is 16.5. The molecule has 0 atom stereocenters. The first kappa shape index (κ1) is 20.0. The van der Waals surface area contributed by atoms with Crippen molar-refractivity contribution in [1.29, 1.82) is 0 Å². The molecule has 3 rings (SSSR count). The number of carbonyl (C=O) groups excluding carboxylic acids is 1. The van der Waals surface area contributed by atoms with Crippen LogP contribution in [0.1, 0.15) is 11.3 Å². The molecule has 1 aromatic heterocycles. The Morgan fingerprint density at radius 3 is 2.45 bits per heavy atom. The van der Waals surface area contributed by atoms with E-state index in [-0.39, 0.29) is 12.5 Å². The summed E-state index contributed by atoms with van der Waals surface area (Å²) in [5.74, 6) is 2.38. The van der Waals surface area contributed by atoms with Crippen LogP contribution in [-0.2, 0) is 11.3 Å². The average Bonchev–Trinajstić information content (AvgIpc) is 3.25. The normalized spacial score (nSPS) is 10.7. The van der Waals surface area contributed by atoms with Crippen LogP contribution in [0.3, 0.4) is 0 Å². The van der Waals surface area contributed by atoms with Gasteiger partial charge in [-0.2, -0.15) is 0 Å². The Kier molecular flexibility index (Phi) is 6.52. The maximum Gasteiger partial charge on any atom is 0.244 e. The van der Waals surface area contributed by atoms with E-state index >= 15 is 0 Å². The van der Waals surface area contributed by atoms with Gasteiger partial charge in [-0.05, 0) is 48.0 Å². The van der Waals surface area contributed by atoms with Crippen LogP contribution in [0.4, 0.5) is 0 Å². The molecule has 150 valence electrons. The molecule has 0 aliphatic heterocycles. The van der Waals surface area contributed by atoms with Gasteiger partial charge in [-0.3, -0.25) is 4.79 Å². The fraction of sp³-hybridized carbons (Fsp3) is 0.182. The number of ether oxygens (including phenoxy) is 3. The minimum atomic E-state index is -0.242. The first-order chi connectivity index (χ1) is 14.1. The molecule has 0 aliphatic carbocycles. The van der Waals surface area contributed by atoms with Gasteiger partial charge in [0.1, 0.15) is 11.4 Å². The number of amides is 1. The van der Waals surface area contributed by atoms with Crippen LogP contribution in [0.25, 0.3) is 17.4 Å². The van der Waals surface area contributed by atoms with Crippen molar-refractivity contribution >= 4 is 12.0 Å². The van der Waals surface area contributed by atoms with E-state index in [0.29, 0.717) is 23.0 Å². The third-order valence-electron chi connectivity index (χ3n) is 4.21. The number of carbonyl (C=O) groups is 1. The van der Waals surface area contributed by atoms with E-state index in [0.717, 1.165) is 16.9 Å². The van der Waals surface area contributed by atoms with Gasteiger partial charge in [-0.25, -0.2) is 0 Å². The lowest BCUT2D eigenvalue weighted by Gasteiger charge is -2.07. The number of aromatic nitrogens is 1. The molecule has 0 saturated carbocycles. The number of hydrogen-bond acceptors (Lipinski definition) is 6. The van der Waals surface area contributed by atoms with Gasteiger partial charge in [0.15, 0.2) is 17.3 Å². The monoisotopic (exact) mass is 394 g/mol. The minimum Gasteiger partial charge on any atom is -0.497 e. The van der Waals surface area contributed by atoms with Gasteiger partial charge in [0.2, 0.25) is 5.91 Å². The Bertz CT molecular complexity index is 993. The Morgan fingerprint density at radius 2 is 1.76 bits per heavy atom. The molecule has 1 N–H and O–H groups in total. The summed E-state index contributed by atoms with van der Waals surface area (Å²) in [4.78, 5) is 12.1. The molecule has 0 bridgehead atoms. The van der Waals surface area contributed by atoms with Crippen molar-refractivity contribution in [2.45, 2.75) is 6.54 Å². The van der Waals surface area contributed by atoms with E-state index in [4.69, 9.17) is 18.7 Å². The first-order valence-corrected chi connectivity index (χ1v) is 8.91. The van der Waals surface area contributed by atoms with E-state index in [9.17, 15) is 4.79 Å². The Balaban J connectivity index is 1.57. The standard InChI is InChI=1S/C22H22N2O5/c1-26-18-8-6-16(7-9-18)20-13-17(24-29-20)14-23-22(25)11-5-15-4-10-19(27-2)21(12-15)28-3/h4-13H,14H2,1-3H3,(H,23,25). The molecule has 1 amide bonds. The van der Waals surface area contributed by atoms with Crippen molar-refractivity contribution < 1.29 is 23.5 Å². The van der Waals surface area contributed by atoms with Gasteiger partial charge in [0.05, 0.1) is 27.9 Å². The second kappa shape index (κ2) is 9.45. The Morgan fingerprint density at radius 1 is 1.00 bits per heavy atom. The number of nitrogens with one attached hydrogen (secondary N) is 1. The summed E-state index contributed by atoms with van der Waals surface area (Å²) < 4.78 is 20.9. The van der Waals surface area contributed by atoms with Crippen LogP contribution in [0.15, 0.2) is 59.1 Å². The molecular formula is C22H22N2O5. The molecule has 0 radical (unpaired) electrons. The summed E-state index contributed by atoms with van der Waals surface area (Å²) in [6.45, 7) is 0.259. The zero-order valence-electron chi connectivity index (χ0n) is 16.5. The molecule has 1 heterocycles. The highest BCUT2D eigenvalue weighted by Crippen LogP contribution is 2.28. The number of nitrogens with zero attached hydrogens (tertiary/aromatic N) is 1. The summed E-state index contributed by atoms with van der Waals surface area (Å²) in [5, 5.41) is 6.77. The van der Waals surface area contributed by atoms with Crippen LogP contribution in [0, 0.1) is 0 Å². The van der Waals surface area contributed by atoms with Gasteiger partial charge in [-0.15, -0.1) is 0 Å². The van der Waals surface area contributed by atoms with Crippen LogP contribution < -0.4 is 19.5 Å². The highest BCUT2D eigenvalue weighted by molar-refractivity contribution is 5.91. The predicted molar refractivity (Wildman–Crippen MR) is 109 cm³/mol. The SMILES string of the molecule is COc1ccc(-c2cc(CNC(=O)C=Cc3ccc(OC)c(OC)c3)no2)cc1.